The molecule has 2 aromatic rings. The van der Waals surface area contributed by atoms with Crippen LogP contribution < -0.4 is 10.6 Å². The van der Waals surface area contributed by atoms with Gasteiger partial charge in [0.15, 0.2) is 5.11 Å². The van der Waals surface area contributed by atoms with E-state index in [1.54, 1.807) is 11.8 Å². The Bertz CT molecular complexity index is 749. The monoisotopic (exact) mass is 418 g/mol. The van der Waals surface area contributed by atoms with Crippen LogP contribution in [-0.4, -0.2) is 17.4 Å². The molecule has 0 aliphatic heterocycles. The van der Waals surface area contributed by atoms with Crippen molar-refractivity contribution in [3.05, 3.63) is 64.2 Å². The van der Waals surface area contributed by atoms with Crippen molar-refractivity contribution < 1.29 is 13.2 Å². The molecule has 2 N–H and O–H groups in total. The maximum atomic E-state index is 12.9. The van der Waals surface area contributed by atoms with Gasteiger partial charge in [0, 0.05) is 23.7 Å². The third-order valence-corrected chi connectivity index (χ3v) is 5.06. The first kappa shape index (κ1) is 20.9. The second kappa shape index (κ2) is 9.48. The van der Waals surface area contributed by atoms with Gasteiger partial charge in [0.05, 0.1) is 10.6 Å². The zero-order valence-electron chi connectivity index (χ0n) is 14.0. The number of hydrogen-bond acceptors (Lipinski definition) is 2. The minimum Gasteiger partial charge on any atom is -0.362 e. The minimum atomic E-state index is -4.50. The first-order valence-corrected chi connectivity index (χ1v) is 9.74. The summed E-state index contributed by atoms with van der Waals surface area (Å²) in [7, 11) is 0. The fraction of sp³-hybridized carbons (Fsp3) is 0.278. The molecule has 0 heterocycles. The highest BCUT2D eigenvalue weighted by atomic mass is 35.5. The number of anilines is 1. The number of nitrogens with one attached hydrogen (secondary N) is 2. The Labute approximate surface area is 165 Å². The van der Waals surface area contributed by atoms with E-state index in [1.807, 2.05) is 6.92 Å². The molecule has 8 heteroatoms. The summed E-state index contributed by atoms with van der Waals surface area (Å²) in [6.07, 6.45) is -4.50. The van der Waals surface area contributed by atoms with Crippen LogP contribution in [0.1, 0.15) is 16.7 Å². The number of halogens is 4. The van der Waals surface area contributed by atoms with E-state index in [4.69, 9.17) is 23.8 Å². The van der Waals surface area contributed by atoms with E-state index in [0.717, 1.165) is 17.6 Å². The van der Waals surface area contributed by atoms with Crippen LogP contribution in [0.2, 0.25) is 5.02 Å². The number of aryl methyl sites for hydroxylation is 1. The summed E-state index contributed by atoms with van der Waals surface area (Å²) >= 11 is 12.5. The van der Waals surface area contributed by atoms with Crippen LogP contribution in [0, 0.1) is 6.92 Å². The highest BCUT2D eigenvalue weighted by molar-refractivity contribution is 7.98. The fourth-order valence-corrected chi connectivity index (χ4v) is 3.37. The molecule has 0 aromatic heterocycles. The van der Waals surface area contributed by atoms with Crippen LogP contribution >= 0.6 is 35.6 Å². The Balaban J connectivity index is 1.74. The maximum absolute atomic E-state index is 12.9. The predicted octanol–water partition coefficient (Wildman–Crippen LogP) is 5.89. The number of alkyl halides is 3. The zero-order chi connectivity index (χ0) is 19.2. The van der Waals surface area contributed by atoms with Gasteiger partial charge in [-0.05, 0) is 42.9 Å². The van der Waals surface area contributed by atoms with Crippen molar-refractivity contribution in [3.63, 3.8) is 0 Å². The predicted molar refractivity (Wildman–Crippen MR) is 108 cm³/mol. The van der Waals surface area contributed by atoms with E-state index in [1.165, 1.54) is 23.3 Å². The zero-order valence-corrected chi connectivity index (χ0v) is 16.4. The van der Waals surface area contributed by atoms with Crippen molar-refractivity contribution in [2.24, 2.45) is 0 Å². The lowest BCUT2D eigenvalue weighted by Gasteiger charge is -2.14. The van der Waals surface area contributed by atoms with Crippen molar-refractivity contribution in [2.45, 2.75) is 18.9 Å². The smallest absolute Gasteiger partial charge is 0.362 e. The van der Waals surface area contributed by atoms with Crippen molar-refractivity contribution in [1.29, 1.82) is 0 Å². The van der Waals surface area contributed by atoms with Gasteiger partial charge >= 0.3 is 6.18 Å². The first-order valence-electron chi connectivity index (χ1n) is 7.80. The number of rotatable bonds is 6. The van der Waals surface area contributed by atoms with Gasteiger partial charge in [0.25, 0.3) is 0 Å². The Morgan fingerprint density at radius 3 is 2.50 bits per heavy atom. The summed E-state index contributed by atoms with van der Waals surface area (Å²) < 4.78 is 38.6. The summed E-state index contributed by atoms with van der Waals surface area (Å²) in [5.74, 6) is 1.72. The van der Waals surface area contributed by atoms with Gasteiger partial charge in [0.1, 0.15) is 0 Å². The van der Waals surface area contributed by atoms with Crippen LogP contribution in [-0.2, 0) is 11.9 Å². The summed E-state index contributed by atoms with van der Waals surface area (Å²) in [6, 6.07) is 12.0. The lowest BCUT2D eigenvalue weighted by atomic mass is 10.2. The molecule has 0 aliphatic rings. The van der Waals surface area contributed by atoms with Crippen molar-refractivity contribution in [3.8, 4) is 0 Å². The number of thioether (sulfide) groups is 1. The van der Waals surface area contributed by atoms with Crippen molar-refractivity contribution in [2.75, 3.05) is 17.6 Å². The van der Waals surface area contributed by atoms with Crippen LogP contribution in [0.25, 0.3) is 0 Å². The minimum absolute atomic E-state index is 0.242. The van der Waals surface area contributed by atoms with E-state index in [0.29, 0.717) is 6.54 Å². The van der Waals surface area contributed by atoms with Gasteiger partial charge < -0.3 is 10.6 Å². The Hall–Kier alpha value is -1.44. The molecular formula is C18H18ClF3N2S2. The van der Waals surface area contributed by atoms with E-state index >= 15 is 0 Å². The van der Waals surface area contributed by atoms with E-state index in [9.17, 15) is 13.2 Å². The molecule has 0 bridgehead atoms. The van der Waals surface area contributed by atoms with Crippen molar-refractivity contribution in [1.82, 2.24) is 5.32 Å². The number of thiocarbonyl (C=S) groups is 1. The molecule has 0 saturated carbocycles. The quantitative estimate of drug-likeness (QED) is 0.451. The number of benzene rings is 2. The van der Waals surface area contributed by atoms with E-state index in [-0.39, 0.29) is 15.8 Å². The maximum Gasteiger partial charge on any atom is 0.417 e. The summed E-state index contributed by atoms with van der Waals surface area (Å²) in [5.41, 5.74) is 1.84. The SMILES string of the molecule is Cc1ccc(CSCCNC(=S)Nc2ccc(Cl)c(C(F)(F)F)c2)cc1. The standard InChI is InChI=1S/C18H18ClF3N2S2/c1-12-2-4-13(5-3-12)11-26-9-8-23-17(25)24-14-6-7-16(19)15(10-14)18(20,21)22/h2-7,10H,8-9,11H2,1H3,(H2,23,24,25). The molecule has 26 heavy (non-hydrogen) atoms. The average molecular weight is 419 g/mol. The van der Waals surface area contributed by atoms with Gasteiger partial charge in [-0.25, -0.2) is 0 Å². The molecule has 0 atom stereocenters. The highest BCUT2D eigenvalue weighted by Crippen LogP contribution is 2.36. The van der Waals surface area contributed by atoms with Crippen LogP contribution in [0.15, 0.2) is 42.5 Å². The number of hydrogen-bond donors (Lipinski definition) is 2. The molecule has 140 valence electrons. The summed E-state index contributed by atoms with van der Waals surface area (Å²) in [4.78, 5) is 0. The largest absolute Gasteiger partial charge is 0.417 e. The second-order valence-corrected chi connectivity index (χ2v) is 7.53. The average Bonchev–Trinajstić information content (AvgIpc) is 2.57. The Kier molecular flexibility index (Phi) is 7.61. The first-order chi connectivity index (χ1) is 12.3. The molecule has 0 fully saturated rings. The molecule has 0 saturated heterocycles. The van der Waals surface area contributed by atoms with Gasteiger partial charge in [0.2, 0.25) is 0 Å². The Morgan fingerprint density at radius 2 is 1.85 bits per heavy atom. The third-order valence-electron chi connectivity index (χ3n) is 3.45. The van der Waals surface area contributed by atoms with Crippen LogP contribution in [0.4, 0.5) is 18.9 Å². The fourth-order valence-electron chi connectivity index (χ4n) is 2.11. The molecule has 0 unspecified atom stereocenters. The molecule has 2 rings (SSSR count). The van der Waals surface area contributed by atoms with E-state index in [2.05, 4.69) is 34.9 Å². The molecule has 2 nitrogen and oxygen atoms in total. The molecule has 2 aromatic carbocycles. The lowest BCUT2D eigenvalue weighted by Crippen LogP contribution is -2.30. The van der Waals surface area contributed by atoms with E-state index < -0.39 is 11.7 Å². The molecule has 0 spiro atoms. The molecule has 0 amide bonds. The normalized spacial score (nSPS) is 11.3. The Morgan fingerprint density at radius 1 is 1.15 bits per heavy atom. The van der Waals surface area contributed by atoms with Gasteiger partial charge in [-0.2, -0.15) is 24.9 Å². The third kappa shape index (κ3) is 6.70. The van der Waals surface area contributed by atoms with Crippen molar-refractivity contribution >= 4 is 46.4 Å². The van der Waals surface area contributed by atoms with Gasteiger partial charge in [-0.1, -0.05) is 41.4 Å². The summed E-state index contributed by atoms with van der Waals surface area (Å²) in [6.45, 7) is 2.66. The van der Waals surface area contributed by atoms with Gasteiger partial charge in [-0.15, -0.1) is 0 Å². The highest BCUT2D eigenvalue weighted by Gasteiger charge is 2.33. The van der Waals surface area contributed by atoms with Crippen LogP contribution in [0.5, 0.6) is 0 Å². The second-order valence-electron chi connectivity index (χ2n) is 5.61. The topological polar surface area (TPSA) is 24.1 Å². The lowest BCUT2D eigenvalue weighted by molar-refractivity contribution is -0.137. The molecular weight excluding hydrogens is 401 g/mol. The van der Waals surface area contributed by atoms with Gasteiger partial charge in [-0.3, -0.25) is 0 Å². The molecule has 0 radical (unpaired) electrons. The van der Waals surface area contributed by atoms with Crippen LogP contribution in [0.3, 0.4) is 0 Å². The summed E-state index contributed by atoms with van der Waals surface area (Å²) in [5, 5.41) is 5.67. The molecule has 0 aliphatic carbocycles.